The molecule has 0 heterocycles. The first kappa shape index (κ1) is 11.8. The summed E-state index contributed by atoms with van der Waals surface area (Å²) in [6.45, 7) is 3.94. The molecule has 0 saturated carbocycles. The van der Waals surface area contributed by atoms with Crippen LogP contribution in [0, 0.1) is 36.5 Å². The molecule has 1 rings (SSSR count). The van der Waals surface area contributed by atoms with Gasteiger partial charge in [-0.05, 0) is 48.7 Å². The van der Waals surface area contributed by atoms with E-state index < -0.39 is 0 Å². The highest BCUT2D eigenvalue weighted by molar-refractivity contribution is 5.68. The monoisotopic (exact) mass is 211 g/mol. The van der Waals surface area contributed by atoms with Gasteiger partial charge in [-0.25, -0.2) is 0 Å². The van der Waals surface area contributed by atoms with Crippen LogP contribution in [0.1, 0.15) is 16.7 Å². The number of hydrogen-bond acceptors (Lipinski definition) is 3. The Balaban J connectivity index is 3.29. The molecular formula is C13H13N3. The number of nitriles is 2. The number of anilines is 1. The fraction of sp³-hybridized carbons (Fsp3) is 0.231. The predicted molar refractivity (Wildman–Crippen MR) is 64.7 cm³/mol. The lowest BCUT2D eigenvalue weighted by molar-refractivity contribution is 1.34. The predicted octanol–water partition coefficient (Wildman–Crippen LogP) is 2.78. The maximum atomic E-state index is 8.70. The summed E-state index contributed by atoms with van der Waals surface area (Å²) in [4.78, 5) is 0. The summed E-state index contributed by atoms with van der Waals surface area (Å²) >= 11 is 0. The van der Waals surface area contributed by atoms with Crippen LogP contribution in [0.5, 0.6) is 0 Å². The molecule has 0 spiro atoms. The summed E-state index contributed by atoms with van der Waals surface area (Å²) in [7, 11) is 1.87. The maximum Gasteiger partial charge on any atom is 0.130 e. The molecule has 1 aromatic carbocycles. The van der Waals surface area contributed by atoms with Crippen molar-refractivity contribution in [1.29, 1.82) is 10.5 Å². The highest BCUT2D eigenvalue weighted by atomic mass is 14.8. The first-order valence-corrected chi connectivity index (χ1v) is 4.93. The average Bonchev–Trinajstić information content (AvgIpc) is 2.29. The van der Waals surface area contributed by atoms with Crippen molar-refractivity contribution in [1.82, 2.24) is 0 Å². The molecule has 3 heteroatoms. The third kappa shape index (κ3) is 2.40. The fourth-order valence-corrected chi connectivity index (χ4v) is 1.51. The van der Waals surface area contributed by atoms with Crippen molar-refractivity contribution in [3.05, 3.63) is 34.4 Å². The fourth-order valence-electron chi connectivity index (χ4n) is 1.51. The summed E-state index contributed by atoms with van der Waals surface area (Å²) < 4.78 is 0. The van der Waals surface area contributed by atoms with E-state index in [2.05, 4.69) is 5.32 Å². The Bertz CT molecular complexity index is 497. The van der Waals surface area contributed by atoms with E-state index in [1.165, 1.54) is 0 Å². The van der Waals surface area contributed by atoms with Crippen LogP contribution in [0.15, 0.2) is 17.7 Å². The van der Waals surface area contributed by atoms with E-state index in [9.17, 15) is 0 Å². The Labute approximate surface area is 95.6 Å². The Morgan fingerprint density at radius 3 is 2.31 bits per heavy atom. The van der Waals surface area contributed by atoms with Gasteiger partial charge in [0.05, 0.1) is 0 Å². The molecule has 16 heavy (non-hydrogen) atoms. The summed E-state index contributed by atoms with van der Waals surface area (Å²) in [5.74, 6) is 0. The lowest BCUT2D eigenvalue weighted by Crippen LogP contribution is -1.94. The molecule has 80 valence electrons. The molecule has 0 aliphatic carbocycles. The van der Waals surface area contributed by atoms with Crippen LogP contribution >= 0.6 is 0 Å². The van der Waals surface area contributed by atoms with Crippen molar-refractivity contribution in [2.45, 2.75) is 13.8 Å². The molecule has 0 bridgehead atoms. The van der Waals surface area contributed by atoms with Gasteiger partial charge in [0.2, 0.25) is 0 Å². The van der Waals surface area contributed by atoms with Gasteiger partial charge in [-0.15, -0.1) is 0 Å². The molecule has 3 nitrogen and oxygen atoms in total. The van der Waals surface area contributed by atoms with Crippen molar-refractivity contribution >= 4 is 11.8 Å². The summed E-state index contributed by atoms with van der Waals surface area (Å²) in [6, 6.07) is 7.70. The second-order valence-electron chi connectivity index (χ2n) is 3.56. The van der Waals surface area contributed by atoms with Gasteiger partial charge in [-0.2, -0.15) is 10.5 Å². The van der Waals surface area contributed by atoms with E-state index in [0.717, 1.165) is 22.4 Å². The lowest BCUT2D eigenvalue weighted by atomic mass is 10.0. The van der Waals surface area contributed by atoms with Crippen LogP contribution in [-0.2, 0) is 0 Å². The molecule has 0 saturated heterocycles. The molecule has 0 aromatic heterocycles. The van der Waals surface area contributed by atoms with E-state index >= 15 is 0 Å². The van der Waals surface area contributed by atoms with Gasteiger partial charge in [0.15, 0.2) is 0 Å². The number of hydrogen-bond donors (Lipinski definition) is 1. The molecular weight excluding hydrogens is 198 g/mol. The zero-order valence-corrected chi connectivity index (χ0v) is 9.63. The van der Waals surface area contributed by atoms with Gasteiger partial charge in [-0.1, -0.05) is 0 Å². The van der Waals surface area contributed by atoms with Crippen LogP contribution in [0.2, 0.25) is 0 Å². The lowest BCUT2D eigenvalue weighted by Gasteiger charge is -2.09. The van der Waals surface area contributed by atoms with Crippen LogP contribution in [0.25, 0.3) is 6.08 Å². The second kappa shape index (κ2) is 5.00. The smallest absolute Gasteiger partial charge is 0.130 e. The van der Waals surface area contributed by atoms with Crippen molar-refractivity contribution in [3.63, 3.8) is 0 Å². The molecule has 1 aromatic rings. The Hall–Kier alpha value is -2.26. The number of aryl methyl sites for hydroxylation is 2. The maximum absolute atomic E-state index is 8.70. The number of rotatable bonds is 2. The molecule has 0 amide bonds. The number of nitrogens with one attached hydrogen (secondary N) is 1. The van der Waals surface area contributed by atoms with Gasteiger partial charge in [0, 0.05) is 12.7 Å². The highest BCUT2D eigenvalue weighted by Crippen LogP contribution is 2.21. The Morgan fingerprint density at radius 1 is 1.19 bits per heavy atom. The minimum Gasteiger partial charge on any atom is -0.388 e. The van der Waals surface area contributed by atoms with Crippen molar-refractivity contribution in [2.24, 2.45) is 0 Å². The average molecular weight is 211 g/mol. The van der Waals surface area contributed by atoms with Crippen LogP contribution in [-0.4, -0.2) is 7.05 Å². The quantitative estimate of drug-likeness (QED) is 0.765. The summed E-state index contributed by atoms with van der Waals surface area (Å²) in [6.07, 6.45) is 1.61. The number of benzene rings is 1. The number of allylic oxidation sites excluding steroid dienone is 1. The minimum absolute atomic E-state index is 0.125. The first-order chi connectivity index (χ1) is 7.62. The van der Waals surface area contributed by atoms with E-state index in [1.807, 2.05) is 45.2 Å². The van der Waals surface area contributed by atoms with Gasteiger partial charge in [-0.3, -0.25) is 0 Å². The molecule has 0 atom stereocenters. The van der Waals surface area contributed by atoms with Crippen molar-refractivity contribution in [3.8, 4) is 12.1 Å². The second-order valence-corrected chi connectivity index (χ2v) is 3.56. The van der Waals surface area contributed by atoms with Crippen LogP contribution in [0.4, 0.5) is 5.69 Å². The zero-order chi connectivity index (χ0) is 12.1. The highest BCUT2D eigenvalue weighted by Gasteiger charge is 2.02. The van der Waals surface area contributed by atoms with Crippen LogP contribution < -0.4 is 5.32 Å². The Kier molecular flexibility index (Phi) is 3.69. The third-order valence-electron chi connectivity index (χ3n) is 2.42. The molecule has 0 fully saturated rings. The third-order valence-corrected chi connectivity index (χ3v) is 2.42. The molecule has 0 unspecified atom stereocenters. The molecule has 0 aliphatic heterocycles. The van der Waals surface area contributed by atoms with E-state index in [1.54, 1.807) is 6.08 Å². The van der Waals surface area contributed by atoms with E-state index in [0.29, 0.717) is 0 Å². The van der Waals surface area contributed by atoms with E-state index in [-0.39, 0.29) is 5.57 Å². The van der Waals surface area contributed by atoms with Gasteiger partial charge < -0.3 is 5.32 Å². The Morgan fingerprint density at radius 2 is 1.81 bits per heavy atom. The van der Waals surface area contributed by atoms with Crippen molar-refractivity contribution < 1.29 is 0 Å². The van der Waals surface area contributed by atoms with Crippen LogP contribution in [0.3, 0.4) is 0 Å². The zero-order valence-electron chi connectivity index (χ0n) is 9.63. The largest absolute Gasteiger partial charge is 0.388 e. The topological polar surface area (TPSA) is 59.6 Å². The number of nitrogens with zero attached hydrogens (tertiary/aromatic N) is 2. The van der Waals surface area contributed by atoms with Gasteiger partial charge in [0.1, 0.15) is 17.7 Å². The van der Waals surface area contributed by atoms with Gasteiger partial charge >= 0.3 is 0 Å². The molecule has 0 radical (unpaired) electrons. The van der Waals surface area contributed by atoms with Crippen molar-refractivity contribution in [2.75, 3.05) is 12.4 Å². The minimum atomic E-state index is 0.125. The van der Waals surface area contributed by atoms with E-state index in [4.69, 9.17) is 10.5 Å². The first-order valence-electron chi connectivity index (χ1n) is 4.93. The summed E-state index contributed by atoms with van der Waals surface area (Å²) in [5, 5.41) is 20.5. The molecule has 1 N–H and O–H groups in total. The summed E-state index contributed by atoms with van der Waals surface area (Å²) in [5.41, 5.74) is 4.23. The normalized spacial score (nSPS) is 8.81. The standard InChI is InChI=1S/C13H13N3/c1-9-5-13(16-3)10(2)4-12(9)6-11(7-14)8-15/h4-6,16H,1-3H3. The SMILES string of the molecule is CNc1cc(C)c(C=C(C#N)C#N)cc1C. The molecule has 0 aliphatic rings. The van der Waals surface area contributed by atoms with Gasteiger partial charge in [0.25, 0.3) is 0 Å².